The second kappa shape index (κ2) is 6.61. The number of nitrogens with zero attached hydrogens (tertiary/aromatic N) is 1. The first kappa shape index (κ1) is 14.8. The SMILES string of the molecule is CNC(=O)C(C)CN(C)Cc1ccc(Cl)cc1N. The number of nitrogens with one attached hydrogen (secondary N) is 1. The van der Waals surface area contributed by atoms with E-state index in [0.29, 0.717) is 23.8 Å². The van der Waals surface area contributed by atoms with Gasteiger partial charge in [0.15, 0.2) is 0 Å². The Balaban J connectivity index is 2.59. The van der Waals surface area contributed by atoms with E-state index in [1.165, 1.54) is 0 Å². The van der Waals surface area contributed by atoms with Gasteiger partial charge in [0, 0.05) is 36.8 Å². The molecule has 0 radical (unpaired) electrons. The fraction of sp³-hybridized carbons (Fsp3) is 0.462. The highest BCUT2D eigenvalue weighted by molar-refractivity contribution is 6.30. The van der Waals surface area contributed by atoms with Gasteiger partial charge < -0.3 is 16.0 Å². The molecule has 5 heteroatoms. The summed E-state index contributed by atoms with van der Waals surface area (Å²) in [5.41, 5.74) is 7.60. The number of halogens is 1. The van der Waals surface area contributed by atoms with Crippen LogP contribution in [-0.2, 0) is 11.3 Å². The number of anilines is 1. The summed E-state index contributed by atoms with van der Waals surface area (Å²) in [5.74, 6) is -0.000507. The molecule has 3 N–H and O–H groups in total. The zero-order chi connectivity index (χ0) is 13.7. The lowest BCUT2D eigenvalue weighted by molar-refractivity contribution is -0.124. The van der Waals surface area contributed by atoms with Gasteiger partial charge in [0.25, 0.3) is 0 Å². The smallest absolute Gasteiger partial charge is 0.223 e. The molecule has 0 fully saturated rings. The van der Waals surface area contributed by atoms with Gasteiger partial charge in [0.05, 0.1) is 0 Å². The van der Waals surface area contributed by atoms with Crippen LogP contribution in [0.5, 0.6) is 0 Å². The summed E-state index contributed by atoms with van der Waals surface area (Å²) in [4.78, 5) is 13.5. The molecule has 0 aliphatic rings. The molecular weight excluding hydrogens is 250 g/mol. The van der Waals surface area contributed by atoms with Crippen molar-refractivity contribution in [3.63, 3.8) is 0 Å². The molecule has 0 heterocycles. The number of benzene rings is 1. The van der Waals surface area contributed by atoms with E-state index in [0.717, 1.165) is 5.56 Å². The zero-order valence-corrected chi connectivity index (χ0v) is 11.8. The quantitative estimate of drug-likeness (QED) is 0.801. The molecule has 0 aliphatic carbocycles. The predicted molar refractivity (Wildman–Crippen MR) is 75.4 cm³/mol. The molecule has 0 spiro atoms. The summed E-state index contributed by atoms with van der Waals surface area (Å²) in [7, 11) is 3.61. The number of hydrogen-bond acceptors (Lipinski definition) is 3. The van der Waals surface area contributed by atoms with Crippen LogP contribution in [0.3, 0.4) is 0 Å². The maximum absolute atomic E-state index is 11.4. The Hall–Kier alpha value is -1.26. The predicted octanol–water partition coefficient (Wildman–Crippen LogP) is 1.74. The zero-order valence-electron chi connectivity index (χ0n) is 11.0. The van der Waals surface area contributed by atoms with E-state index >= 15 is 0 Å². The standard InChI is InChI=1S/C13H20ClN3O/c1-9(13(18)16-2)7-17(3)8-10-4-5-11(14)6-12(10)15/h4-6,9H,7-8,15H2,1-3H3,(H,16,18). The van der Waals surface area contributed by atoms with Crippen LogP contribution in [0.4, 0.5) is 5.69 Å². The number of rotatable bonds is 5. The first-order valence-electron chi connectivity index (χ1n) is 5.88. The number of nitrogen functional groups attached to an aromatic ring is 1. The molecule has 4 nitrogen and oxygen atoms in total. The van der Waals surface area contributed by atoms with Crippen LogP contribution in [0.15, 0.2) is 18.2 Å². The number of hydrogen-bond donors (Lipinski definition) is 2. The summed E-state index contributed by atoms with van der Waals surface area (Å²) in [6, 6.07) is 5.48. The topological polar surface area (TPSA) is 58.4 Å². The van der Waals surface area contributed by atoms with E-state index in [1.807, 2.05) is 26.1 Å². The molecule has 0 bridgehead atoms. The van der Waals surface area contributed by atoms with E-state index < -0.39 is 0 Å². The monoisotopic (exact) mass is 269 g/mol. The van der Waals surface area contributed by atoms with Gasteiger partial charge in [-0.05, 0) is 24.7 Å². The number of nitrogens with two attached hydrogens (primary N) is 1. The molecule has 0 saturated heterocycles. The van der Waals surface area contributed by atoms with E-state index in [2.05, 4.69) is 10.2 Å². The Morgan fingerprint density at radius 3 is 2.78 bits per heavy atom. The minimum Gasteiger partial charge on any atom is -0.398 e. The van der Waals surface area contributed by atoms with E-state index in [4.69, 9.17) is 17.3 Å². The lowest BCUT2D eigenvalue weighted by Crippen LogP contribution is -2.34. The summed E-state index contributed by atoms with van der Waals surface area (Å²) in [6.07, 6.45) is 0. The lowest BCUT2D eigenvalue weighted by Gasteiger charge is -2.21. The fourth-order valence-corrected chi connectivity index (χ4v) is 2.04. The molecule has 1 rings (SSSR count). The van der Waals surface area contributed by atoms with Crippen molar-refractivity contribution in [1.82, 2.24) is 10.2 Å². The molecule has 0 aromatic heterocycles. The van der Waals surface area contributed by atoms with Crippen molar-refractivity contribution in [1.29, 1.82) is 0 Å². The molecule has 0 saturated carbocycles. The first-order valence-corrected chi connectivity index (χ1v) is 6.26. The molecule has 1 amide bonds. The van der Waals surface area contributed by atoms with E-state index in [1.54, 1.807) is 13.1 Å². The second-order valence-electron chi connectivity index (χ2n) is 4.56. The maximum Gasteiger partial charge on any atom is 0.223 e. The highest BCUT2D eigenvalue weighted by Crippen LogP contribution is 2.19. The van der Waals surface area contributed by atoms with Crippen molar-refractivity contribution in [2.75, 3.05) is 26.4 Å². The summed E-state index contributed by atoms with van der Waals surface area (Å²) in [6.45, 7) is 3.28. The molecular formula is C13H20ClN3O. The van der Waals surface area contributed by atoms with Crippen LogP contribution < -0.4 is 11.1 Å². The molecule has 100 valence electrons. The highest BCUT2D eigenvalue weighted by atomic mass is 35.5. The van der Waals surface area contributed by atoms with Crippen molar-refractivity contribution in [2.24, 2.45) is 5.92 Å². The largest absolute Gasteiger partial charge is 0.398 e. The number of carbonyl (C=O) groups excluding carboxylic acids is 1. The van der Waals surface area contributed by atoms with Gasteiger partial charge >= 0.3 is 0 Å². The molecule has 1 aromatic carbocycles. The minimum atomic E-state index is -0.0477. The summed E-state index contributed by atoms with van der Waals surface area (Å²) in [5, 5.41) is 3.28. The van der Waals surface area contributed by atoms with Gasteiger partial charge in [-0.1, -0.05) is 24.6 Å². The van der Waals surface area contributed by atoms with Gasteiger partial charge in [-0.25, -0.2) is 0 Å². The summed E-state index contributed by atoms with van der Waals surface area (Å²) < 4.78 is 0. The van der Waals surface area contributed by atoms with Gasteiger partial charge in [-0.2, -0.15) is 0 Å². The van der Waals surface area contributed by atoms with Crippen LogP contribution in [-0.4, -0.2) is 31.4 Å². The Kier molecular flexibility index (Phi) is 5.44. The van der Waals surface area contributed by atoms with Gasteiger partial charge in [0.2, 0.25) is 5.91 Å². The number of amides is 1. The fourth-order valence-electron chi connectivity index (χ4n) is 1.86. The third-order valence-corrected chi connectivity index (χ3v) is 3.06. The van der Waals surface area contributed by atoms with Crippen LogP contribution in [0.25, 0.3) is 0 Å². The molecule has 18 heavy (non-hydrogen) atoms. The maximum atomic E-state index is 11.4. The van der Waals surface area contributed by atoms with Gasteiger partial charge in [-0.15, -0.1) is 0 Å². The second-order valence-corrected chi connectivity index (χ2v) is 4.99. The summed E-state index contributed by atoms with van der Waals surface area (Å²) >= 11 is 5.85. The average molecular weight is 270 g/mol. The minimum absolute atomic E-state index is 0.0472. The molecule has 1 atom stereocenters. The van der Waals surface area contributed by atoms with Gasteiger partial charge in [-0.3, -0.25) is 4.79 Å². The highest BCUT2D eigenvalue weighted by Gasteiger charge is 2.14. The molecule has 1 unspecified atom stereocenters. The normalized spacial score (nSPS) is 12.5. The van der Waals surface area contributed by atoms with Crippen molar-refractivity contribution < 1.29 is 4.79 Å². The van der Waals surface area contributed by atoms with Crippen molar-refractivity contribution in [2.45, 2.75) is 13.5 Å². The third-order valence-electron chi connectivity index (χ3n) is 2.83. The van der Waals surface area contributed by atoms with E-state index in [-0.39, 0.29) is 11.8 Å². The van der Waals surface area contributed by atoms with Crippen molar-refractivity contribution in [3.8, 4) is 0 Å². The molecule has 1 aromatic rings. The Morgan fingerprint density at radius 2 is 2.22 bits per heavy atom. The van der Waals surface area contributed by atoms with Gasteiger partial charge in [0.1, 0.15) is 0 Å². The van der Waals surface area contributed by atoms with Crippen LogP contribution in [0.1, 0.15) is 12.5 Å². The molecule has 0 aliphatic heterocycles. The van der Waals surface area contributed by atoms with Crippen molar-refractivity contribution in [3.05, 3.63) is 28.8 Å². The Morgan fingerprint density at radius 1 is 1.56 bits per heavy atom. The van der Waals surface area contributed by atoms with Crippen LogP contribution in [0, 0.1) is 5.92 Å². The number of carbonyl (C=O) groups is 1. The van der Waals surface area contributed by atoms with E-state index in [9.17, 15) is 4.79 Å². The van der Waals surface area contributed by atoms with Crippen LogP contribution in [0.2, 0.25) is 5.02 Å². The first-order chi connectivity index (χ1) is 8.43. The Labute approximate surface area is 113 Å². The average Bonchev–Trinajstić information content (AvgIpc) is 2.31. The lowest BCUT2D eigenvalue weighted by atomic mass is 10.1. The van der Waals surface area contributed by atoms with Crippen LogP contribution >= 0.6 is 11.6 Å². The third kappa shape index (κ3) is 4.20. The Bertz CT molecular complexity index is 423. The van der Waals surface area contributed by atoms with Crippen molar-refractivity contribution >= 4 is 23.2 Å².